The van der Waals surface area contributed by atoms with Crippen LogP contribution in [0.2, 0.25) is 0 Å². The highest BCUT2D eigenvalue weighted by Gasteiger charge is 2.45. The van der Waals surface area contributed by atoms with Gasteiger partial charge in [-0.3, -0.25) is 23.0 Å². The Labute approximate surface area is 399 Å². The van der Waals surface area contributed by atoms with Crippen LogP contribution >= 0.6 is 0 Å². The Balaban J connectivity index is 0.00000864. The molecule has 1 aliphatic carbocycles. The molecule has 0 bridgehead atoms. The average Bonchev–Trinajstić information content (AvgIpc) is 3.57. The van der Waals surface area contributed by atoms with Gasteiger partial charge < -0.3 is 14.7 Å². The molecular weight excluding hydrogens is 961 g/mol. The van der Waals surface area contributed by atoms with Crippen LogP contribution in [0.4, 0.5) is 11.4 Å². The van der Waals surface area contributed by atoms with Gasteiger partial charge in [0, 0.05) is 53.9 Å². The van der Waals surface area contributed by atoms with E-state index in [-0.39, 0.29) is 47.2 Å². The van der Waals surface area contributed by atoms with E-state index < -0.39 is 63.0 Å². The second kappa shape index (κ2) is 20.5. The van der Waals surface area contributed by atoms with E-state index in [0.29, 0.717) is 79.8 Å². The Morgan fingerprint density at radius 3 is 1.91 bits per heavy atom. The number of anilines is 1. The highest BCUT2D eigenvalue weighted by atomic mass is 32.2. The maximum Gasteiger partial charge on any atom is 0.303 e. The minimum Gasteiger partial charge on any atom is -0.481 e. The molecule has 6 rings (SSSR count). The van der Waals surface area contributed by atoms with Crippen molar-refractivity contribution in [3.8, 4) is 5.75 Å². The lowest BCUT2D eigenvalue weighted by Crippen LogP contribution is -2.28. The molecule has 3 aromatic carbocycles. The number of fused-ring (bicyclic) bond motifs is 2. The Morgan fingerprint density at radius 2 is 1.31 bits per heavy atom. The number of hydrogen-bond acceptors (Lipinski definition) is 11. The van der Waals surface area contributed by atoms with Gasteiger partial charge >= 0.3 is 5.97 Å². The smallest absolute Gasteiger partial charge is 0.303 e. The molecule has 17 nitrogen and oxygen atoms in total. The van der Waals surface area contributed by atoms with Crippen LogP contribution in [0.5, 0.6) is 5.75 Å². The SMILES string of the molecule is C.CC1(C)C(/C=C/C2=C(Oc3ccc(S(=O)(=O)O)cc3)C(=C/C=C3/N(CCCCS(=O)(=O)O)c4ccc(S(=O)(=O)O)cc4C3(C)C)/CCC2)=[N+](CCCCCC(=O)O)c2ccc(S(=O)(=O)O)cc21. The van der Waals surface area contributed by atoms with Crippen molar-refractivity contribution in [3.05, 3.63) is 119 Å². The molecule has 0 radical (unpaired) electrons. The molecule has 0 spiro atoms. The third-order valence-electron chi connectivity index (χ3n) is 12.3. The number of aliphatic carboxylic acids is 1. The number of allylic oxidation sites excluding steroid dienone is 7. The van der Waals surface area contributed by atoms with Crippen LogP contribution in [-0.2, 0) is 56.1 Å². The van der Waals surface area contributed by atoms with Crippen molar-refractivity contribution < 1.29 is 71.1 Å². The number of unbranched alkanes of at least 4 members (excludes halogenated alkanes) is 3. The fourth-order valence-electron chi connectivity index (χ4n) is 8.90. The predicted octanol–water partition coefficient (Wildman–Crippen LogP) is 8.43. The van der Waals surface area contributed by atoms with Gasteiger partial charge in [-0.15, -0.1) is 0 Å². The van der Waals surface area contributed by atoms with Crippen molar-refractivity contribution in [2.24, 2.45) is 0 Å². The van der Waals surface area contributed by atoms with E-state index in [9.17, 15) is 61.8 Å². The summed E-state index contributed by atoms with van der Waals surface area (Å²) in [6.07, 6.45) is 11.5. The molecule has 0 saturated carbocycles. The van der Waals surface area contributed by atoms with E-state index in [1.807, 2.05) is 56.9 Å². The topological polar surface area (TPSA) is 270 Å². The second-order valence-corrected chi connectivity index (χ2v) is 23.6. The monoisotopic (exact) mass is 1020 g/mol. The Hall–Kier alpha value is -5.00. The summed E-state index contributed by atoms with van der Waals surface area (Å²) in [5.74, 6) is -0.658. The first-order valence-corrected chi connectivity index (χ1v) is 27.4. The Bertz CT molecular complexity index is 3080. The van der Waals surface area contributed by atoms with Crippen LogP contribution in [0.15, 0.2) is 122 Å². The highest BCUT2D eigenvalue weighted by molar-refractivity contribution is 7.86. The van der Waals surface area contributed by atoms with Gasteiger partial charge in [-0.1, -0.05) is 27.4 Å². The molecule has 0 atom stereocenters. The number of hydrogen-bond donors (Lipinski definition) is 5. The van der Waals surface area contributed by atoms with Crippen LogP contribution in [0, 0.1) is 0 Å². The van der Waals surface area contributed by atoms with Crippen LogP contribution in [0.25, 0.3) is 0 Å². The number of benzene rings is 3. The molecule has 2 aliphatic heterocycles. The van der Waals surface area contributed by atoms with Gasteiger partial charge in [0.25, 0.3) is 40.5 Å². The zero-order chi connectivity index (χ0) is 49.3. The van der Waals surface area contributed by atoms with Crippen LogP contribution in [0.1, 0.15) is 104 Å². The summed E-state index contributed by atoms with van der Waals surface area (Å²) in [6, 6.07) is 13.9. The zero-order valence-corrected chi connectivity index (χ0v) is 40.7. The fourth-order valence-corrected chi connectivity index (χ4v) is 11.0. The van der Waals surface area contributed by atoms with E-state index in [2.05, 4.69) is 4.58 Å². The van der Waals surface area contributed by atoms with Crippen molar-refractivity contribution in [2.75, 3.05) is 23.7 Å². The van der Waals surface area contributed by atoms with E-state index in [1.165, 1.54) is 48.5 Å². The maximum absolute atomic E-state index is 12.3. The molecule has 3 aliphatic rings. The van der Waals surface area contributed by atoms with Gasteiger partial charge in [-0.2, -0.15) is 38.2 Å². The normalized spacial score (nSPS) is 18.3. The van der Waals surface area contributed by atoms with Crippen molar-refractivity contribution >= 4 is 63.5 Å². The van der Waals surface area contributed by atoms with E-state index in [4.69, 9.17) is 4.74 Å². The molecule has 68 heavy (non-hydrogen) atoms. The third kappa shape index (κ3) is 12.4. The van der Waals surface area contributed by atoms with Crippen LogP contribution in [-0.4, -0.2) is 92.1 Å². The summed E-state index contributed by atoms with van der Waals surface area (Å²) in [6.45, 7) is 8.39. The van der Waals surface area contributed by atoms with Crippen molar-refractivity contribution in [3.63, 3.8) is 0 Å². The number of ether oxygens (including phenoxy) is 1. The lowest BCUT2D eigenvalue weighted by molar-refractivity contribution is -0.438. The van der Waals surface area contributed by atoms with Gasteiger partial charge in [0.15, 0.2) is 5.71 Å². The number of nitrogens with zero attached hydrogens (tertiary/aromatic N) is 2. The Morgan fingerprint density at radius 1 is 0.706 bits per heavy atom. The summed E-state index contributed by atoms with van der Waals surface area (Å²) in [4.78, 5) is 12.2. The standard InChI is InChI=1S/C46H54N2O15S4.CH4/c1-45(2)37-29-35(66(57,58)59)20-22-39(37)47(26-7-5-6-13-43(49)50)41(45)24-14-31-11-10-12-32(44(31)63-33-16-18-34(19-17-33)65(54,55)56)15-25-42-46(3,4)38-30-36(67(60,61)62)21-23-40(38)48(42)27-8-9-28-64(51,52)53;/h14-25,29-30H,5-13,26-28H2,1-4H3,(H4-,49,50,51,52,53,54,55,56,57,58,59,60,61,62);1H4/p+1. The number of rotatable bonds is 19. The lowest BCUT2D eigenvalue weighted by Gasteiger charge is -2.27. The fraction of sp³-hybridized carbons (Fsp3) is 0.404. The van der Waals surface area contributed by atoms with Gasteiger partial charge in [0.1, 0.15) is 18.1 Å². The molecule has 0 saturated heterocycles. The number of carboxylic acids is 1. The first-order valence-electron chi connectivity index (χ1n) is 21.5. The van der Waals surface area contributed by atoms with Gasteiger partial charge in [0.2, 0.25) is 5.69 Å². The minimum atomic E-state index is -4.57. The highest BCUT2D eigenvalue weighted by Crippen LogP contribution is 2.49. The molecule has 2 heterocycles. The Kier molecular flexibility index (Phi) is 16.3. The lowest BCUT2D eigenvalue weighted by atomic mass is 9.81. The minimum absolute atomic E-state index is 0. The summed E-state index contributed by atoms with van der Waals surface area (Å²) in [7, 11) is -17.8. The van der Waals surface area contributed by atoms with Gasteiger partial charge in [0.05, 0.1) is 25.9 Å². The first-order chi connectivity index (χ1) is 31.1. The molecular formula is C47H59N2O15S4+. The van der Waals surface area contributed by atoms with E-state index in [1.54, 1.807) is 12.1 Å². The van der Waals surface area contributed by atoms with E-state index in [0.717, 1.165) is 22.5 Å². The van der Waals surface area contributed by atoms with Crippen molar-refractivity contribution in [2.45, 2.75) is 118 Å². The van der Waals surface area contributed by atoms with Crippen LogP contribution in [0.3, 0.4) is 0 Å². The van der Waals surface area contributed by atoms with Gasteiger partial charge in [-0.05, 0) is 142 Å². The second-order valence-electron chi connectivity index (χ2n) is 17.8. The molecule has 0 unspecified atom stereocenters. The molecule has 3 aromatic rings. The van der Waals surface area contributed by atoms with E-state index >= 15 is 0 Å². The van der Waals surface area contributed by atoms with Crippen molar-refractivity contribution in [1.29, 1.82) is 0 Å². The summed E-state index contributed by atoms with van der Waals surface area (Å²) < 4.78 is 143. The average molecular weight is 1020 g/mol. The first kappa shape index (κ1) is 53.9. The van der Waals surface area contributed by atoms with Crippen molar-refractivity contribution in [1.82, 2.24) is 0 Å². The molecule has 0 aromatic heterocycles. The molecule has 0 fully saturated rings. The zero-order valence-electron chi connectivity index (χ0n) is 37.4. The summed E-state index contributed by atoms with van der Waals surface area (Å²) >= 11 is 0. The molecule has 21 heteroatoms. The summed E-state index contributed by atoms with van der Waals surface area (Å²) in [5, 5.41) is 9.18. The molecule has 370 valence electrons. The third-order valence-corrected chi connectivity index (χ3v) is 15.7. The number of carboxylic acid groups (broad SMARTS) is 1. The van der Waals surface area contributed by atoms with Crippen LogP contribution < -0.4 is 9.64 Å². The summed E-state index contributed by atoms with van der Waals surface area (Å²) in [5.41, 5.74) is 3.92. The predicted molar refractivity (Wildman–Crippen MR) is 257 cm³/mol. The maximum atomic E-state index is 12.3. The largest absolute Gasteiger partial charge is 0.481 e. The van der Waals surface area contributed by atoms with Gasteiger partial charge in [-0.25, -0.2) is 0 Å². The molecule has 5 N–H and O–H groups in total. The quantitative estimate of drug-likeness (QED) is 0.0428. The number of carbonyl (C=O) groups is 1. The molecule has 0 amide bonds.